The molecule has 2 N–H and O–H groups in total. The molecule has 0 radical (unpaired) electrons. The lowest BCUT2D eigenvalue weighted by Crippen LogP contribution is -2.06. The van der Waals surface area contributed by atoms with Gasteiger partial charge >= 0.3 is 0 Å². The average molecular weight is 259 g/mol. The van der Waals surface area contributed by atoms with Crippen molar-refractivity contribution >= 4 is 5.82 Å². The van der Waals surface area contributed by atoms with E-state index >= 15 is 0 Å². The van der Waals surface area contributed by atoms with Crippen LogP contribution in [0.4, 0.5) is 5.82 Å². The van der Waals surface area contributed by atoms with Gasteiger partial charge in [0.05, 0.1) is 18.2 Å². The van der Waals surface area contributed by atoms with E-state index in [2.05, 4.69) is 34.9 Å². The number of aromatic nitrogens is 4. The second-order valence-corrected chi connectivity index (χ2v) is 5.52. The van der Waals surface area contributed by atoms with Gasteiger partial charge in [-0.3, -0.25) is 0 Å². The van der Waals surface area contributed by atoms with Gasteiger partial charge in [-0.05, 0) is 19.8 Å². The van der Waals surface area contributed by atoms with Crippen LogP contribution in [0.25, 0.3) is 11.4 Å². The first-order valence-corrected chi connectivity index (χ1v) is 7.01. The molecule has 0 atom stereocenters. The monoisotopic (exact) mass is 259 g/mol. The van der Waals surface area contributed by atoms with Gasteiger partial charge in [0.1, 0.15) is 17.3 Å². The SMILES string of the molecule is CCn1c(C(C)C)nc(-c2cncn2C2CC2)c1N. The first-order chi connectivity index (χ1) is 9.13. The normalized spacial score (nSPS) is 15.4. The molecule has 0 aromatic carbocycles. The summed E-state index contributed by atoms with van der Waals surface area (Å²) in [6.45, 7) is 7.25. The summed E-state index contributed by atoms with van der Waals surface area (Å²) in [5.41, 5.74) is 8.23. The summed E-state index contributed by atoms with van der Waals surface area (Å²) in [5.74, 6) is 2.18. The summed E-state index contributed by atoms with van der Waals surface area (Å²) >= 11 is 0. The molecule has 1 fully saturated rings. The van der Waals surface area contributed by atoms with E-state index < -0.39 is 0 Å². The molecule has 0 spiro atoms. The van der Waals surface area contributed by atoms with Crippen molar-refractivity contribution in [3.8, 4) is 11.4 Å². The van der Waals surface area contributed by atoms with Crippen molar-refractivity contribution < 1.29 is 0 Å². The van der Waals surface area contributed by atoms with Crippen LogP contribution in [0, 0.1) is 0 Å². The Morgan fingerprint density at radius 3 is 2.68 bits per heavy atom. The molecular weight excluding hydrogens is 238 g/mol. The number of nitrogen functional groups attached to an aromatic ring is 1. The Bertz CT molecular complexity index is 589. The quantitative estimate of drug-likeness (QED) is 0.918. The molecule has 0 amide bonds. The van der Waals surface area contributed by atoms with Crippen molar-refractivity contribution in [2.24, 2.45) is 0 Å². The molecule has 5 nitrogen and oxygen atoms in total. The zero-order chi connectivity index (χ0) is 13.6. The number of imidazole rings is 2. The van der Waals surface area contributed by atoms with Gasteiger partial charge < -0.3 is 14.9 Å². The maximum Gasteiger partial charge on any atom is 0.133 e. The molecule has 0 unspecified atom stereocenters. The largest absolute Gasteiger partial charge is 0.383 e. The van der Waals surface area contributed by atoms with E-state index in [1.54, 1.807) is 0 Å². The Kier molecular flexibility index (Phi) is 2.84. The highest BCUT2D eigenvalue weighted by atomic mass is 15.2. The molecular formula is C14H21N5. The van der Waals surface area contributed by atoms with Crippen LogP contribution in [0.5, 0.6) is 0 Å². The van der Waals surface area contributed by atoms with Crippen molar-refractivity contribution in [1.29, 1.82) is 0 Å². The lowest BCUT2D eigenvalue weighted by atomic mass is 10.2. The number of hydrogen-bond acceptors (Lipinski definition) is 3. The number of nitrogens with zero attached hydrogens (tertiary/aromatic N) is 4. The molecule has 3 rings (SSSR count). The minimum Gasteiger partial charge on any atom is -0.383 e. The third-order valence-corrected chi connectivity index (χ3v) is 3.72. The van der Waals surface area contributed by atoms with Crippen LogP contribution in [-0.4, -0.2) is 19.1 Å². The van der Waals surface area contributed by atoms with Gasteiger partial charge in [0.25, 0.3) is 0 Å². The minimum atomic E-state index is 0.369. The van der Waals surface area contributed by atoms with E-state index in [0.717, 1.165) is 29.6 Å². The molecule has 0 aliphatic heterocycles. The Morgan fingerprint density at radius 2 is 2.16 bits per heavy atom. The van der Waals surface area contributed by atoms with Crippen LogP contribution in [0.1, 0.15) is 51.4 Å². The highest BCUT2D eigenvalue weighted by Gasteiger charge is 2.28. The maximum atomic E-state index is 6.29. The first-order valence-electron chi connectivity index (χ1n) is 7.01. The average Bonchev–Trinajstić information content (AvgIpc) is 3.01. The first kappa shape index (κ1) is 12.3. The third kappa shape index (κ3) is 1.93. The molecule has 2 aromatic heterocycles. The molecule has 2 aromatic rings. The smallest absolute Gasteiger partial charge is 0.133 e. The zero-order valence-electron chi connectivity index (χ0n) is 11.8. The molecule has 1 aliphatic rings. The molecule has 1 saturated carbocycles. The van der Waals surface area contributed by atoms with Crippen LogP contribution in [0.3, 0.4) is 0 Å². The fraction of sp³-hybridized carbons (Fsp3) is 0.571. The maximum absolute atomic E-state index is 6.29. The molecule has 1 aliphatic carbocycles. The number of anilines is 1. The highest BCUT2D eigenvalue weighted by molar-refractivity contribution is 5.68. The van der Waals surface area contributed by atoms with Crippen molar-refractivity contribution in [3.63, 3.8) is 0 Å². The van der Waals surface area contributed by atoms with Crippen molar-refractivity contribution in [2.45, 2.75) is 52.1 Å². The Balaban J connectivity index is 2.11. The van der Waals surface area contributed by atoms with Gasteiger partial charge in [-0.1, -0.05) is 13.8 Å². The summed E-state index contributed by atoms with van der Waals surface area (Å²) in [5, 5.41) is 0. The topological polar surface area (TPSA) is 61.7 Å². The predicted octanol–water partition coefficient (Wildman–Crippen LogP) is 2.81. The second-order valence-electron chi connectivity index (χ2n) is 5.52. The summed E-state index contributed by atoms with van der Waals surface area (Å²) in [6.07, 6.45) is 6.23. The number of hydrogen-bond donors (Lipinski definition) is 1. The van der Waals surface area contributed by atoms with Crippen molar-refractivity contribution in [1.82, 2.24) is 19.1 Å². The summed E-state index contributed by atoms with van der Waals surface area (Å²) < 4.78 is 4.31. The van der Waals surface area contributed by atoms with Gasteiger partial charge in [0.2, 0.25) is 0 Å². The summed E-state index contributed by atoms with van der Waals surface area (Å²) in [4.78, 5) is 9.04. The third-order valence-electron chi connectivity index (χ3n) is 3.72. The van der Waals surface area contributed by atoms with Gasteiger partial charge in [-0.25, -0.2) is 9.97 Å². The van der Waals surface area contributed by atoms with E-state index in [1.165, 1.54) is 12.8 Å². The van der Waals surface area contributed by atoms with Crippen LogP contribution >= 0.6 is 0 Å². The Labute approximate surface area is 113 Å². The van der Waals surface area contributed by atoms with E-state index in [1.807, 2.05) is 12.5 Å². The van der Waals surface area contributed by atoms with E-state index in [9.17, 15) is 0 Å². The van der Waals surface area contributed by atoms with E-state index in [0.29, 0.717) is 12.0 Å². The zero-order valence-corrected chi connectivity index (χ0v) is 11.8. The molecule has 19 heavy (non-hydrogen) atoms. The van der Waals surface area contributed by atoms with E-state index in [4.69, 9.17) is 10.7 Å². The van der Waals surface area contributed by atoms with Gasteiger partial charge in [0, 0.05) is 18.5 Å². The van der Waals surface area contributed by atoms with Crippen LogP contribution < -0.4 is 5.73 Å². The van der Waals surface area contributed by atoms with E-state index in [-0.39, 0.29) is 0 Å². The summed E-state index contributed by atoms with van der Waals surface area (Å²) in [7, 11) is 0. The van der Waals surface area contributed by atoms with Crippen LogP contribution in [0.2, 0.25) is 0 Å². The van der Waals surface area contributed by atoms with Crippen LogP contribution in [-0.2, 0) is 6.54 Å². The van der Waals surface area contributed by atoms with Crippen LogP contribution in [0.15, 0.2) is 12.5 Å². The predicted molar refractivity (Wildman–Crippen MR) is 75.9 cm³/mol. The standard InChI is InChI=1S/C14H21N5/c1-4-18-13(15)12(17-14(18)9(2)3)11-7-16-8-19(11)10-5-6-10/h7-10H,4-6,15H2,1-3H3. The molecule has 0 saturated heterocycles. The Morgan fingerprint density at radius 1 is 1.42 bits per heavy atom. The van der Waals surface area contributed by atoms with Gasteiger partial charge in [-0.2, -0.15) is 0 Å². The highest BCUT2D eigenvalue weighted by Crippen LogP contribution is 2.39. The lowest BCUT2D eigenvalue weighted by Gasteiger charge is -2.08. The molecule has 102 valence electrons. The second kappa shape index (κ2) is 4.40. The van der Waals surface area contributed by atoms with Gasteiger partial charge in [-0.15, -0.1) is 0 Å². The fourth-order valence-electron chi connectivity index (χ4n) is 2.58. The van der Waals surface area contributed by atoms with Gasteiger partial charge in [0.15, 0.2) is 0 Å². The molecule has 0 bridgehead atoms. The molecule has 2 heterocycles. The number of rotatable bonds is 4. The lowest BCUT2D eigenvalue weighted by molar-refractivity contribution is 0.658. The molecule has 5 heteroatoms. The van der Waals surface area contributed by atoms with Crippen molar-refractivity contribution in [2.75, 3.05) is 5.73 Å². The number of nitrogens with two attached hydrogens (primary N) is 1. The summed E-state index contributed by atoms with van der Waals surface area (Å²) in [6, 6.07) is 0.589. The minimum absolute atomic E-state index is 0.369. The van der Waals surface area contributed by atoms with Crippen molar-refractivity contribution in [3.05, 3.63) is 18.3 Å². The fourth-order valence-corrected chi connectivity index (χ4v) is 2.58. The Hall–Kier alpha value is -1.78.